The van der Waals surface area contributed by atoms with Gasteiger partial charge in [0.05, 0.1) is 0 Å². The third kappa shape index (κ3) is 3.06. The minimum atomic E-state index is -0.159. The number of anilines is 1. The number of halogens is 1. The van der Waals surface area contributed by atoms with Crippen LogP contribution in [0.25, 0.3) is 0 Å². The van der Waals surface area contributed by atoms with Crippen molar-refractivity contribution >= 4 is 35.8 Å². The van der Waals surface area contributed by atoms with Crippen LogP contribution in [0.3, 0.4) is 0 Å². The molecule has 1 N–H and O–H groups in total. The summed E-state index contributed by atoms with van der Waals surface area (Å²) in [6.45, 7) is 1.92. The molecule has 0 saturated heterocycles. The number of hydrogen-bond acceptors (Lipinski definition) is 2. The Morgan fingerprint density at radius 2 is 1.83 bits per heavy atom. The fourth-order valence-electron chi connectivity index (χ4n) is 1.54. The molecule has 0 atom stereocenters. The van der Waals surface area contributed by atoms with Crippen LogP contribution in [0.4, 0.5) is 5.69 Å². The Labute approximate surface area is 116 Å². The van der Waals surface area contributed by atoms with Crippen molar-refractivity contribution in [2.75, 3.05) is 5.32 Å². The van der Waals surface area contributed by atoms with E-state index in [1.54, 1.807) is 36.4 Å². The summed E-state index contributed by atoms with van der Waals surface area (Å²) in [6, 6.07) is 12.4. The number of nitrogens with one attached hydrogen (secondary N) is 1. The molecule has 4 heteroatoms. The molecular formula is C14H12ClNOS. The molecule has 0 aliphatic rings. The molecule has 2 rings (SSSR count). The first-order valence-corrected chi connectivity index (χ1v) is 6.25. The van der Waals surface area contributed by atoms with Gasteiger partial charge >= 0.3 is 0 Å². The number of amides is 1. The second-order valence-corrected chi connectivity index (χ2v) is 4.91. The minimum Gasteiger partial charge on any atom is -0.322 e. The standard InChI is InChI=1S/C14H12ClNOS/c1-9-2-5-11(15)8-13(9)16-14(17)10-3-6-12(18)7-4-10/h2-8,18H,1H3,(H,16,17). The molecule has 2 aromatic rings. The first-order chi connectivity index (χ1) is 8.56. The smallest absolute Gasteiger partial charge is 0.255 e. The molecule has 0 aromatic heterocycles. The Morgan fingerprint density at radius 3 is 2.50 bits per heavy atom. The van der Waals surface area contributed by atoms with Crippen LogP contribution in [0.1, 0.15) is 15.9 Å². The van der Waals surface area contributed by atoms with Gasteiger partial charge in [-0.15, -0.1) is 12.6 Å². The van der Waals surface area contributed by atoms with Crippen molar-refractivity contribution in [2.45, 2.75) is 11.8 Å². The van der Waals surface area contributed by atoms with Crippen LogP contribution in [0.15, 0.2) is 47.4 Å². The molecule has 0 aliphatic carbocycles. The zero-order valence-corrected chi connectivity index (χ0v) is 11.4. The fourth-order valence-corrected chi connectivity index (χ4v) is 1.86. The average molecular weight is 278 g/mol. The highest BCUT2D eigenvalue weighted by Crippen LogP contribution is 2.21. The van der Waals surface area contributed by atoms with Crippen LogP contribution in [-0.2, 0) is 0 Å². The molecule has 18 heavy (non-hydrogen) atoms. The van der Waals surface area contributed by atoms with Gasteiger partial charge in [-0.2, -0.15) is 0 Å². The zero-order chi connectivity index (χ0) is 13.1. The highest BCUT2D eigenvalue weighted by atomic mass is 35.5. The van der Waals surface area contributed by atoms with Gasteiger partial charge in [0.15, 0.2) is 0 Å². The lowest BCUT2D eigenvalue weighted by atomic mass is 10.1. The monoisotopic (exact) mass is 277 g/mol. The molecule has 0 spiro atoms. The SMILES string of the molecule is Cc1ccc(Cl)cc1NC(=O)c1ccc(S)cc1. The summed E-state index contributed by atoms with van der Waals surface area (Å²) in [5.41, 5.74) is 2.29. The number of aryl methyl sites for hydroxylation is 1. The van der Waals surface area contributed by atoms with Crippen LogP contribution in [0.5, 0.6) is 0 Å². The first kappa shape index (κ1) is 13.0. The van der Waals surface area contributed by atoms with E-state index < -0.39 is 0 Å². The number of hydrogen-bond donors (Lipinski definition) is 2. The maximum atomic E-state index is 12.0. The third-order valence-electron chi connectivity index (χ3n) is 2.58. The molecule has 0 fully saturated rings. The van der Waals surface area contributed by atoms with Crippen molar-refractivity contribution in [3.05, 3.63) is 58.6 Å². The minimum absolute atomic E-state index is 0.159. The zero-order valence-electron chi connectivity index (χ0n) is 9.77. The van der Waals surface area contributed by atoms with E-state index >= 15 is 0 Å². The lowest BCUT2D eigenvalue weighted by Gasteiger charge is -2.08. The number of rotatable bonds is 2. The third-order valence-corrected chi connectivity index (χ3v) is 3.11. The quantitative estimate of drug-likeness (QED) is 0.792. The predicted molar refractivity (Wildman–Crippen MR) is 77.8 cm³/mol. The highest BCUT2D eigenvalue weighted by Gasteiger charge is 2.07. The van der Waals surface area contributed by atoms with Crippen LogP contribution >= 0.6 is 24.2 Å². The Bertz CT molecular complexity index is 581. The molecule has 1 amide bonds. The second kappa shape index (κ2) is 5.46. The number of benzene rings is 2. The van der Waals surface area contributed by atoms with E-state index in [0.717, 1.165) is 16.1 Å². The topological polar surface area (TPSA) is 29.1 Å². The molecule has 0 bridgehead atoms. The Balaban J connectivity index is 2.21. The van der Waals surface area contributed by atoms with E-state index in [4.69, 9.17) is 11.6 Å². The fraction of sp³-hybridized carbons (Fsp3) is 0.0714. The van der Waals surface area contributed by atoms with E-state index in [0.29, 0.717) is 10.6 Å². The van der Waals surface area contributed by atoms with Gasteiger partial charge in [0.1, 0.15) is 0 Å². The lowest BCUT2D eigenvalue weighted by molar-refractivity contribution is 0.102. The molecular weight excluding hydrogens is 266 g/mol. The largest absolute Gasteiger partial charge is 0.322 e. The van der Waals surface area contributed by atoms with Gasteiger partial charge in [0, 0.05) is 21.2 Å². The maximum Gasteiger partial charge on any atom is 0.255 e. The van der Waals surface area contributed by atoms with Gasteiger partial charge in [-0.05, 0) is 48.9 Å². The van der Waals surface area contributed by atoms with Crippen LogP contribution in [-0.4, -0.2) is 5.91 Å². The van der Waals surface area contributed by atoms with Crippen LogP contribution in [0, 0.1) is 6.92 Å². The van der Waals surface area contributed by atoms with E-state index in [-0.39, 0.29) is 5.91 Å². The van der Waals surface area contributed by atoms with Crippen LogP contribution < -0.4 is 5.32 Å². The summed E-state index contributed by atoms with van der Waals surface area (Å²) in [5.74, 6) is -0.159. The normalized spacial score (nSPS) is 10.2. The van der Waals surface area contributed by atoms with Crippen molar-refractivity contribution in [1.29, 1.82) is 0 Å². The Morgan fingerprint density at radius 1 is 1.17 bits per heavy atom. The van der Waals surface area contributed by atoms with Crippen molar-refractivity contribution < 1.29 is 4.79 Å². The molecule has 0 saturated carbocycles. The molecule has 0 heterocycles. The maximum absolute atomic E-state index is 12.0. The van der Waals surface area contributed by atoms with Crippen molar-refractivity contribution in [3.63, 3.8) is 0 Å². The Kier molecular flexibility index (Phi) is 3.94. The predicted octanol–water partition coefficient (Wildman–Crippen LogP) is 4.19. The summed E-state index contributed by atoms with van der Waals surface area (Å²) >= 11 is 10.1. The number of carbonyl (C=O) groups excluding carboxylic acids is 1. The van der Waals surface area contributed by atoms with Gasteiger partial charge in [-0.1, -0.05) is 17.7 Å². The highest BCUT2D eigenvalue weighted by molar-refractivity contribution is 7.80. The summed E-state index contributed by atoms with van der Waals surface area (Å²) in [5, 5.41) is 3.44. The van der Waals surface area contributed by atoms with Gasteiger partial charge in [-0.3, -0.25) is 4.79 Å². The molecule has 2 nitrogen and oxygen atoms in total. The van der Waals surface area contributed by atoms with Gasteiger partial charge < -0.3 is 5.32 Å². The second-order valence-electron chi connectivity index (χ2n) is 3.96. The van der Waals surface area contributed by atoms with Gasteiger partial charge in [-0.25, -0.2) is 0 Å². The Hall–Kier alpha value is -1.45. The van der Waals surface area contributed by atoms with Gasteiger partial charge in [0.25, 0.3) is 5.91 Å². The van der Waals surface area contributed by atoms with Gasteiger partial charge in [0.2, 0.25) is 0 Å². The van der Waals surface area contributed by atoms with Crippen molar-refractivity contribution in [3.8, 4) is 0 Å². The molecule has 0 aliphatic heterocycles. The number of carbonyl (C=O) groups is 1. The number of thiol groups is 1. The lowest BCUT2D eigenvalue weighted by Crippen LogP contribution is -2.12. The van der Waals surface area contributed by atoms with Crippen molar-refractivity contribution in [2.24, 2.45) is 0 Å². The molecule has 2 aromatic carbocycles. The van der Waals surface area contributed by atoms with Crippen molar-refractivity contribution in [1.82, 2.24) is 0 Å². The molecule has 0 unspecified atom stereocenters. The summed E-state index contributed by atoms with van der Waals surface area (Å²) < 4.78 is 0. The van der Waals surface area contributed by atoms with E-state index in [1.807, 2.05) is 13.0 Å². The summed E-state index contributed by atoms with van der Waals surface area (Å²) in [6.07, 6.45) is 0. The molecule has 92 valence electrons. The summed E-state index contributed by atoms with van der Waals surface area (Å²) in [7, 11) is 0. The van der Waals surface area contributed by atoms with E-state index in [1.165, 1.54) is 0 Å². The van der Waals surface area contributed by atoms with E-state index in [9.17, 15) is 4.79 Å². The first-order valence-electron chi connectivity index (χ1n) is 5.43. The summed E-state index contributed by atoms with van der Waals surface area (Å²) in [4.78, 5) is 12.8. The van der Waals surface area contributed by atoms with Crippen LogP contribution in [0.2, 0.25) is 5.02 Å². The molecule has 0 radical (unpaired) electrons. The van der Waals surface area contributed by atoms with E-state index in [2.05, 4.69) is 17.9 Å². The average Bonchev–Trinajstić information content (AvgIpc) is 2.34.